The highest BCUT2D eigenvalue weighted by molar-refractivity contribution is 14.1. The van der Waals surface area contributed by atoms with Gasteiger partial charge in [0, 0.05) is 17.3 Å². The second-order valence-corrected chi connectivity index (χ2v) is 5.77. The number of ether oxygens (including phenoxy) is 1. The van der Waals surface area contributed by atoms with Crippen molar-refractivity contribution in [3.05, 3.63) is 61.1 Å². The van der Waals surface area contributed by atoms with Crippen molar-refractivity contribution in [3.63, 3.8) is 0 Å². The zero-order valence-electron chi connectivity index (χ0n) is 12.3. The molecule has 0 radical (unpaired) electrons. The predicted octanol–water partition coefficient (Wildman–Crippen LogP) is 4.18. The van der Waals surface area contributed by atoms with Crippen LogP contribution in [0.15, 0.2) is 35.1 Å². The van der Waals surface area contributed by atoms with Gasteiger partial charge in [0.1, 0.15) is 9.32 Å². The number of hydrogen-bond donors (Lipinski definition) is 1. The maximum absolute atomic E-state index is 11.9. The minimum Gasteiger partial charge on any atom is -0.456 e. The van der Waals surface area contributed by atoms with Crippen LogP contribution in [0.3, 0.4) is 0 Å². The van der Waals surface area contributed by atoms with Crippen molar-refractivity contribution in [1.82, 2.24) is 4.98 Å². The van der Waals surface area contributed by atoms with E-state index in [9.17, 15) is 4.79 Å². The Balaban J connectivity index is 2.45. The second kappa shape index (κ2) is 7.27. The summed E-state index contributed by atoms with van der Waals surface area (Å²) in [5.74, 6) is 1.24. The van der Waals surface area contributed by atoms with Gasteiger partial charge in [0.05, 0.1) is 6.07 Å². The molecule has 22 heavy (non-hydrogen) atoms. The van der Waals surface area contributed by atoms with Gasteiger partial charge < -0.3 is 9.72 Å². The fourth-order valence-corrected chi connectivity index (χ4v) is 2.74. The first kappa shape index (κ1) is 16.3. The number of rotatable bonds is 4. The summed E-state index contributed by atoms with van der Waals surface area (Å²) >= 11 is 2.00. The summed E-state index contributed by atoms with van der Waals surface area (Å²) in [6.45, 7) is 3.89. The molecule has 112 valence electrons. The van der Waals surface area contributed by atoms with E-state index in [-0.39, 0.29) is 5.56 Å². The number of aromatic amines is 1. The van der Waals surface area contributed by atoms with Gasteiger partial charge in [0.25, 0.3) is 5.56 Å². The summed E-state index contributed by atoms with van der Waals surface area (Å²) in [6.07, 6.45) is 3.89. The molecule has 1 aromatic heterocycles. The Morgan fingerprint density at radius 3 is 2.91 bits per heavy atom. The van der Waals surface area contributed by atoms with Gasteiger partial charge >= 0.3 is 0 Å². The zero-order chi connectivity index (χ0) is 16.1. The Kier molecular flexibility index (Phi) is 5.39. The van der Waals surface area contributed by atoms with Crippen molar-refractivity contribution < 1.29 is 4.74 Å². The Labute approximate surface area is 142 Å². The number of allylic oxidation sites excluding steroid dienone is 1. The third-order valence-electron chi connectivity index (χ3n) is 3.21. The number of nitrogens with one attached hydrogen (secondary N) is 1. The molecule has 0 aliphatic heterocycles. The molecule has 0 aliphatic rings. The van der Waals surface area contributed by atoms with Gasteiger partial charge in [-0.05, 0) is 59.7 Å². The van der Waals surface area contributed by atoms with E-state index in [1.165, 1.54) is 6.08 Å². The molecule has 0 fully saturated rings. The van der Waals surface area contributed by atoms with E-state index < -0.39 is 0 Å². The molecule has 0 bridgehead atoms. The topological polar surface area (TPSA) is 65.9 Å². The van der Waals surface area contributed by atoms with Crippen LogP contribution < -0.4 is 10.3 Å². The molecule has 5 heteroatoms. The van der Waals surface area contributed by atoms with Gasteiger partial charge in [-0.3, -0.25) is 4.79 Å². The lowest BCUT2D eigenvalue weighted by Gasteiger charge is -2.14. The number of hydrogen-bond acceptors (Lipinski definition) is 3. The molecular weight excluding hydrogens is 391 g/mol. The van der Waals surface area contributed by atoms with Gasteiger partial charge in [-0.15, -0.1) is 0 Å². The van der Waals surface area contributed by atoms with Crippen molar-refractivity contribution in [1.29, 1.82) is 5.26 Å². The SMILES string of the molecule is CCc1c(C)[nH]c(=O)c(I)c1Oc1cccc(C=CC#N)c1. The molecule has 0 saturated heterocycles. The third-order valence-corrected chi connectivity index (χ3v) is 4.19. The lowest BCUT2D eigenvalue weighted by molar-refractivity contribution is 0.470. The Bertz CT molecular complexity index is 816. The van der Waals surface area contributed by atoms with E-state index in [1.807, 2.05) is 66.8 Å². The van der Waals surface area contributed by atoms with Crippen LogP contribution in [0.25, 0.3) is 6.08 Å². The maximum atomic E-state index is 11.9. The van der Waals surface area contributed by atoms with E-state index in [4.69, 9.17) is 10.00 Å². The highest BCUT2D eigenvalue weighted by atomic mass is 127. The van der Waals surface area contributed by atoms with Crippen molar-refractivity contribution in [3.8, 4) is 17.6 Å². The molecule has 0 aliphatic carbocycles. The first-order chi connectivity index (χ1) is 10.6. The molecule has 0 amide bonds. The van der Waals surface area contributed by atoms with Crippen LogP contribution in [0, 0.1) is 21.8 Å². The van der Waals surface area contributed by atoms with Crippen LogP contribution in [0.5, 0.6) is 11.5 Å². The number of benzene rings is 1. The van der Waals surface area contributed by atoms with Gasteiger partial charge in [0.2, 0.25) is 0 Å². The Morgan fingerprint density at radius 1 is 1.45 bits per heavy atom. The smallest absolute Gasteiger partial charge is 0.265 e. The number of nitrogens with zero attached hydrogens (tertiary/aromatic N) is 1. The first-order valence-electron chi connectivity index (χ1n) is 6.82. The number of H-pyrrole nitrogens is 1. The number of pyridine rings is 1. The number of aromatic nitrogens is 1. The average Bonchev–Trinajstić information content (AvgIpc) is 2.51. The molecule has 4 nitrogen and oxygen atoms in total. The van der Waals surface area contributed by atoms with Crippen molar-refractivity contribution >= 4 is 28.7 Å². The molecular formula is C17H15IN2O2. The summed E-state index contributed by atoms with van der Waals surface area (Å²) in [7, 11) is 0. The van der Waals surface area contributed by atoms with Crippen LogP contribution in [-0.4, -0.2) is 4.98 Å². The lowest BCUT2D eigenvalue weighted by atomic mass is 10.1. The third kappa shape index (κ3) is 3.57. The van der Waals surface area contributed by atoms with Gasteiger partial charge in [-0.2, -0.15) is 5.26 Å². The molecule has 2 aromatic rings. The summed E-state index contributed by atoms with van der Waals surface area (Å²) < 4.78 is 6.51. The number of aryl methyl sites for hydroxylation is 1. The summed E-state index contributed by atoms with van der Waals surface area (Å²) in [5, 5.41) is 8.59. The molecule has 1 heterocycles. The molecule has 0 unspecified atom stereocenters. The Hall–Kier alpha value is -2.07. The van der Waals surface area contributed by atoms with E-state index in [0.29, 0.717) is 15.1 Å². The largest absolute Gasteiger partial charge is 0.456 e. The van der Waals surface area contributed by atoms with E-state index in [1.54, 1.807) is 6.08 Å². The normalized spacial score (nSPS) is 10.6. The fraction of sp³-hybridized carbons (Fsp3) is 0.176. The highest BCUT2D eigenvalue weighted by Gasteiger charge is 2.15. The summed E-state index contributed by atoms with van der Waals surface area (Å²) in [5.41, 5.74) is 2.53. The van der Waals surface area contributed by atoms with E-state index in [0.717, 1.165) is 23.2 Å². The minimum absolute atomic E-state index is 0.147. The average molecular weight is 406 g/mol. The first-order valence-corrected chi connectivity index (χ1v) is 7.90. The highest BCUT2D eigenvalue weighted by Crippen LogP contribution is 2.30. The van der Waals surface area contributed by atoms with Gasteiger partial charge in [-0.25, -0.2) is 0 Å². The standard InChI is InChI=1S/C17H15IN2O2/c1-3-14-11(2)20-17(21)15(18)16(14)22-13-8-4-6-12(10-13)7-5-9-19/h4-8,10H,3H2,1-2H3,(H,20,21). The fourth-order valence-electron chi connectivity index (χ4n) is 2.17. The monoisotopic (exact) mass is 406 g/mol. The lowest BCUT2D eigenvalue weighted by Crippen LogP contribution is -2.15. The van der Waals surface area contributed by atoms with Crippen LogP contribution in [0.1, 0.15) is 23.7 Å². The number of nitriles is 1. The van der Waals surface area contributed by atoms with Crippen molar-refractivity contribution in [2.75, 3.05) is 0 Å². The summed E-state index contributed by atoms with van der Waals surface area (Å²) in [6, 6.07) is 9.36. The van der Waals surface area contributed by atoms with Crippen molar-refractivity contribution in [2.24, 2.45) is 0 Å². The van der Waals surface area contributed by atoms with Crippen LogP contribution in [0.4, 0.5) is 0 Å². The number of halogens is 1. The molecule has 0 spiro atoms. The zero-order valence-corrected chi connectivity index (χ0v) is 14.5. The van der Waals surface area contributed by atoms with Crippen LogP contribution in [-0.2, 0) is 6.42 Å². The molecule has 0 saturated carbocycles. The van der Waals surface area contributed by atoms with Gasteiger partial charge in [0.15, 0.2) is 5.75 Å². The molecule has 0 atom stereocenters. The second-order valence-electron chi connectivity index (χ2n) is 4.69. The maximum Gasteiger partial charge on any atom is 0.265 e. The Morgan fingerprint density at radius 2 is 2.23 bits per heavy atom. The van der Waals surface area contributed by atoms with Crippen LogP contribution >= 0.6 is 22.6 Å². The quantitative estimate of drug-likeness (QED) is 0.612. The molecule has 1 aromatic carbocycles. The molecule has 2 rings (SSSR count). The van der Waals surface area contributed by atoms with E-state index >= 15 is 0 Å². The van der Waals surface area contributed by atoms with Crippen molar-refractivity contribution in [2.45, 2.75) is 20.3 Å². The van der Waals surface area contributed by atoms with Crippen LogP contribution in [0.2, 0.25) is 0 Å². The van der Waals surface area contributed by atoms with E-state index in [2.05, 4.69) is 4.98 Å². The molecule has 1 N–H and O–H groups in total. The van der Waals surface area contributed by atoms with Gasteiger partial charge in [-0.1, -0.05) is 19.1 Å². The minimum atomic E-state index is -0.147. The predicted molar refractivity (Wildman–Crippen MR) is 95.1 cm³/mol. The summed E-state index contributed by atoms with van der Waals surface area (Å²) in [4.78, 5) is 14.8.